The smallest absolute Gasteiger partial charge is 0.255 e. The van der Waals surface area contributed by atoms with Crippen LogP contribution in [0.2, 0.25) is 0 Å². The zero-order valence-corrected chi connectivity index (χ0v) is 12.7. The Morgan fingerprint density at radius 2 is 1.75 bits per heavy atom. The van der Waals surface area contributed by atoms with Crippen LogP contribution in [-0.2, 0) is 10.0 Å². The maximum absolute atomic E-state index is 13.2. The van der Waals surface area contributed by atoms with E-state index >= 15 is 0 Å². The second kappa shape index (κ2) is 5.80. The van der Waals surface area contributed by atoms with Crippen molar-refractivity contribution in [3.63, 3.8) is 0 Å². The van der Waals surface area contributed by atoms with E-state index in [4.69, 9.17) is 0 Å². The fourth-order valence-corrected chi connectivity index (χ4v) is 3.30. The number of carbonyl (C=O) groups excluding carboxylic acids is 1. The number of rotatable bonds is 2. The zero-order valence-electron chi connectivity index (χ0n) is 11.9. The number of sulfonamides is 1. The standard InChI is InChI=1S/C14H10F3N3O3S/c15-9-4-8(5-10(16)13(9)17)20-14(21)7-1-2-11-12(3-7)24(22,23)19-6-18-11/h1-5,18-19H,6H2,(H,20,21). The molecule has 0 bridgehead atoms. The number of hydrogen-bond acceptors (Lipinski definition) is 4. The normalized spacial score (nSPS) is 15.3. The van der Waals surface area contributed by atoms with Crippen molar-refractivity contribution >= 4 is 27.3 Å². The number of halogens is 3. The van der Waals surface area contributed by atoms with Crippen molar-refractivity contribution in [3.05, 3.63) is 53.3 Å². The first-order valence-electron chi connectivity index (χ1n) is 6.61. The highest BCUT2D eigenvalue weighted by molar-refractivity contribution is 7.89. The SMILES string of the molecule is O=C(Nc1cc(F)c(F)c(F)c1)c1ccc2c(c1)S(=O)(=O)NCN2. The van der Waals surface area contributed by atoms with Gasteiger partial charge < -0.3 is 10.6 Å². The van der Waals surface area contributed by atoms with Crippen molar-refractivity contribution in [1.29, 1.82) is 0 Å². The number of fused-ring (bicyclic) bond motifs is 1. The van der Waals surface area contributed by atoms with Crippen LogP contribution in [0.3, 0.4) is 0 Å². The van der Waals surface area contributed by atoms with Gasteiger partial charge in [-0.1, -0.05) is 0 Å². The van der Waals surface area contributed by atoms with Gasteiger partial charge in [0, 0.05) is 23.4 Å². The third-order valence-electron chi connectivity index (χ3n) is 3.32. The molecule has 0 aromatic heterocycles. The fourth-order valence-electron chi connectivity index (χ4n) is 2.17. The first kappa shape index (κ1) is 16.3. The average Bonchev–Trinajstić information content (AvgIpc) is 2.52. The summed E-state index contributed by atoms with van der Waals surface area (Å²) in [5, 5.41) is 4.97. The van der Waals surface area contributed by atoms with Gasteiger partial charge in [-0.25, -0.2) is 21.6 Å². The second-order valence-corrected chi connectivity index (χ2v) is 6.66. The predicted molar refractivity (Wildman–Crippen MR) is 79.5 cm³/mol. The predicted octanol–water partition coefficient (Wildman–Crippen LogP) is 2.02. The molecule has 1 aliphatic heterocycles. The van der Waals surface area contributed by atoms with Gasteiger partial charge in [-0.3, -0.25) is 4.79 Å². The Bertz CT molecular complexity index is 925. The third-order valence-corrected chi connectivity index (χ3v) is 4.76. The quantitative estimate of drug-likeness (QED) is 0.718. The Kier molecular flexibility index (Phi) is 3.93. The number of carbonyl (C=O) groups is 1. The van der Waals surface area contributed by atoms with Gasteiger partial charge in [0.1, 0.15) is 4.90 Å². The zero-order chi connectivity index (χ0) is 17.5. The van der Waals surface area contributed by atoms with Crippen molar-refractivity contribution in [2.24, 2.45) is 0 Å². The van der Waals surface area contributed by atoms with Crippen molar-refractivity contribution < 1.29 is 26.4 Å². The first-order chi connectivity index (χ1) is 11.3. The minimum absolute atomic E-state index is 0.0228. The molecule has 10 heteroatoms. The molecule has 0 atom stereocenters. The number of hydrogen-bond donors (Lipinski definition) is 3. The molecule has 0 aliphatic carbocycles. The van der Waals surface area contributed by atoms with Crippen LogP contribution in [0.5, 0.6) is 0 Å². The summed E-state index contributed by atoms with van der Waals surface area (Å²) in [4.78, 5) is 12.0. The fraction of sp³-hybridized carbons (Fsp3) is 0.0714. The molecule has 1 amide bonds. The van der Waals surface area contributed by atoms with Crippen molar-refractivity contribution in [1.82, 2.24) is 4.72 Å². The maximum atomic E-state index is 13.2. The molecule has 0 unspecified atom stereocenters. The van der Waals surface area contributed by atoms with E-state index in [9.17, 15) is 26.4 Å². The van der Waals surface area contributed by atoms with Crippen LogP contribution in [0, 0.1) is 17.5 Å². The molecule has 0 radical (unpaired) electrons. The van der Waals surface area contributed by atoms with Crippen molar-refractivity contribution in [2.75, 3.05) is 17.3 Å². The summed E-state index contributed by atoms with van der Waals surface area (Å²) in [5.74, 6) is -5.35. The second-order valence-electron chi connectivity index (χ2n) is 4.92. The van der Waals surface area contributed by atoms with E-state index in [1.54, 1.807) is 0 Å². The molecule has 1 heterocycles. The summed E-state index contributed by atoms with van der Waals surface area (Å²) in [5.41, 5.74) is -0.0228. The molecule has 0 saturated heterocycles. The lowest BCUT2D eigenvalue weighted by atomic mass is 10.2. The van der Waals surface area contributed by atoms with Gasteiger partial charge in [0.15, 0.2) is 17.5 Å². The number of nitrogens with one attached hydrogen (secondary N) is 3. The molecule has 2 aromatic rings. The van der Waals surface area contributed by atoms with Gasteiger partial charge in [0.25, 0.3) is 5.91 Å². The molecule has 6 nitrogen and oxygen atoms in total. The highest BCUT2D eigenvalue weighted by atomic mass is 32.2. The maximum Gasteiger partial charge on any atom is 0.255 e. The molecule has 3 N–H and O–H groups in total. The molecule has 0 saturated carbocycles. The average molecular weight is 357 g/mol. The Hall–Kier alpha value is -2.59. The van der Waals surface area contributed by atoms with E-state index in [0.29, 0.717) is 17.8 Å². The Morgan fingerprint density at radius 1 is 1.08 bits per heavy atom. The van der Waals surface area contributed by atoms with E-state index in [2.05, 4.69) is 15.4 Å². The van der Waals surface area contributed by atoms with Crippen LogP contribution in [0.25, 0.3) is 0 Å². The van der Waals surface area contributed by atoms with E-state index in [1.165, 1.54) is 12.1 Å². The summed E-state index contributed by atoms with van der Waals surface area (Å²) < 4.78 is 65.3. The van der Waals surface area contributed by atoms with Crippen molar-refractivity contribution in [3.8, 4) is 0 Å². The Balaban J connectivity index is 1.92. The lowest BCUT2D eigenvalue weighted by Crippen LogP contribution is -2.34. The number of benzene rings is 2. The van der Waals surface area contributed by atoms with Crippen LogP contribution in [-0.4, -0.2) is 21.0 Å². The topological polar surface area (TPSA) is 87.3 Å². The molecular weight excluding hydrogens is 347 g/mol. The van der Waals surface area contributed by atoms with Gasteiger partial charge in [-0.05, 0) is 18.2 Å². The monoisotopic (exact) mass is 357 g/mol. The summed E-state index contributed by atoms with van der Waals surface area (Å²) >= 11 is 0. The summed E-state index contributed by atoms with van der Waals surface area (Å²) in [7, 11) is -3.75. The van der Waals surface area contributed by atoms with Gasteiger partial charge in [-0.15, -0.1) is 0 Å². The van der Waals surface area contributed by atoms with Crippen molar-refractivity contribution in [2.45, 2.75) is 4.90 Å². The van der Waals surface area contributed by atoms with Crippen LogP contribution in [0.4, 0.5) is 24.5 Å². The highest BCUT2D eigenvalue weighted by Crippen LogP contribution is 2.26. The van der Waals surface area contributed by atoms with Crippen LogP contribution >= 0.6 is 0 Å². The third kappa shape index (κ3) is 2.93. The molecule has 2 aromatic carbocycles. The highest BCUT2D eigenvalue weighted by Gasteiger charge is 2.24. The molecule has 0 spiro atoms. The van der Waals surface area contributed by atoms with Crippen LogP contribution in [0.15, 0.2) is 35.2 Å². The molecular formula is C14H10F3N3O3S. The summed E-state index contributed by atoms with van der Waals surface area (Å²) in [6, 6.07) is 5.10. The Labute approximate surface area is 134 Å². The lowest BCUT2D eigenvalue weighted by Gasteiger charge is -2.19. The molecule has 3 rings (SSSR count). The largest absolute Gasteiger partial charge is 0.370 e. The van der Waals surface area contributed by atoms with Gasteiger partial charge >= 0.3 is 0 Å². The van der Waals surface area contributed by atoms with Crippen LogP contribution in [0.1, 0.15) is 10.4 Å². The van der Waals surface area contributed by atoms with E-state index < -0.39 is 33.4 Å². The first-order valence-corrected chi connectivity index (χ1v) is 8.10. The van der Waals surface area contributed by atoms with Gasteiger partial charge in [0.05, 0.1) is 12.4 Å². The molecule has 0 fully saturated rings. The van der Waals surface area contributed by atoms with Gasteiger partial charge in [0.2, 0.25) is 10.0 Å². The number of anilines is 2. The van der Waals surface area contributed by atoms with Gasteiger partial charge in [-0.2, -0.15) is 4.72 Å². The molecule has 1 aliphatic rings. The van der Waals surface area contributed by atoms with Crippen LogP contribution < -0.4 is 15.4 Å². The minimum atomic E-state index is -3.75. The molecule has 126 valence electrons. The molecule has 24 heavy (non-hydrogen) atoms. The van der Waals surface area contributed by atoms with E-state index in [1.807, 2.05) is 0 Å². The lowest BCUT2D eigenvalue weighted by molar-refractivity contribution is 0.102. The van der Waals surface area contributed by atoms with E-state index in [-0.39, 0.29) is 22.8 Å². The minimum Gasteiger partial charge on any atom is -0.370 e. The Morgan fingerprint density at radius 3 is 2.42 bits per heavy atom. The summed E-state index contributed by atoms with van der Waals surface area (Å²) in [6.45, 7) is 0.0228. The number of amides is 1. The summed E-state index contributed by atoms with van der Waals surface area (Å²) in [6.07, 6.45) is 0. The van der Waals surface area contributed by atoms with E-state index in [0.717, 1.165) is 6.07 Å².